The summed E-state index contributed by atoms with van der Waals surface area (Å²) in [5.41, 5.74) is -0.662. The third-order valence-corrected chi connectivity index (χ3v) is 5.58. The summed E-state index contributed by atoms with van der Waals surface area (Å²) >= 11 is 0. The quantitative estimate of drug-likeness (QED) is 0.829. The molecule has 106 valence electrons. The minimum atomic E-state index is -3.34. The Morgan fingerprint density at radius 3 is 2.63 bits per heavy atom. The van der Waals surface area contributed by atoms with Gasteiger partial charge in [-0.15, -0.1) is 0 Å². The topological polar surface area (TPSA) is 43.4 Å². The van der Waals surface area contributed by atoms with Crippen LogP contribution in [0.3, 0.4) is 0 Å². The Bertz CT molecular complexity index is 481. The van der Waals surface area contributed by atoms with E-state index < -0.39 is 15.3 Å². The van der Waals surface area contributed by atoms with Gasteiger partial charge in [0, 0.05) is 0 Å². The van der Waals surface area contributed by atoms with E-state index in [2.05, 4.69) is 6.92 Å². The zero-order chi connectivity index (χ0) is 13.7. The molecule has 1 aliphatic rings. The number of ether oxygens (including phenoxy) is 1. The third kappa shape index (κ3) is 3.57. The highest BCUT2D eigenvalue weighted by Gasteiger charge is 2.33. The molecule has 0 aliphatic carbocycles. The Hall–Kier alpha value is -0.870. The fraction of sp³-hybridized carbons (Fsp3) is 0.600. The van der Waals surface area contributed by atoms with E-state index in [9.17, 15) is 8.42 Å². The van der Waals surface area contributed by atoms with Crippen LogP contribution < -0.4 is 0 Å². The van der Waals surface area contributed by atoms with Crippen LogP contribution in [0.4, 0.5) is 0 Å². The smallest absolute Gasteiger partial charge is 0.205 e. The molecule has 0 unspecified atom stereocenters. The van der Waals surface area contributed by atoms with Crippen molar-refractivity contribution in [3.63, 3.8) is 0 Å². The van der Waals surface area contributed by atoms with E-state index in [0.29, 0.717) is 11.3 Å². The van der Waals surface area contributed by atoms with Crippen molar-refractivity contribution in [3.8, 4) is 0 Å². The van der Waals surface area contributed by atoms with Crippen LogP contribution in [0.15, 0.2) is 35.2 Å². The fourth-order valence-corrected chi connectivity index (χ4v) is 4.12. The number of sulfone groups is 1. The number of benzene rings is 1. The van der Waals surface area contributed by atoms with E-state index in [0.717, 1.165) is 32.1 Å². The van der Waals surface area contributed by atoms with E-state index in [1.807, 2.05) is 6.07 Å². The van der Waals surface area contributed by atoms with Gasteiger partial charge in [-0.25, -0.2) is 8.42 Å². The summed E-state index contributed by atoms with van der Waals surface area (Å²) in [6, 6.07) is 8.63. The Balaban J connectivity index is 2.08. The molecule has 1 aromatic rings. The van der Waals surface area contributed by atoms with E-state index in [1.165, 1.54) is 0 Å². The Morgan fingerprint density at radius 1 is 1.21 bits per heavy atom. The Morgan fingerprint density at radius 2 is 1.95 bits per heavy atom. The van der Waals surface area contributed by atoms with Gasteiger partial charge in [0.2, 0.25) is 9.84 Å². The largest absolute Gasteiger partial charge is 0.359 e. The molecule has 0 aromatic heterocycles. The second kappa shape index (κ2) is 6.53. The zero-order valence-corrected chi connectivity index (χ0v) is 12.2. The first-order valence-corrected chi connectivity index (χ1v) is 8.63. The highest BCUT2D eigenvalue weighted by Crippen LogP contribution is 2.29. The lowest BCUT2D eigenvalue weighted by Gasteiger charge is -2.29. The lowest BCUT2D eigenvalue weighted by molar-refractivity contribution is -0.0138. The molecule has 0 amide bonds. The normalized spacial score (nSPS) is 24.3. The van der Waals surface area contributed by atoms with Crippen molar-refractivity contribution in [1.82, 2.24) is 0 Å². The van der Waals surface area contributed by atoms with Gasteiger partial charge in [-0.3, -0.25) is 0 Å². The third-order valence-electron chi connectivity index (χ3n) is 3.61. The predicted molar refractivity (Wildman–Crippen MR) is 75.7 cm³/mol. The predicted octanol–water partition coefficient (Wildman–Crippen LogP) is 3.55. The van der Waals surface area contributed by atoms with Crippen LogP contribution in [0.25, 0.3) is 0 Å². The summed E-state index contributed by atoms with van der Waals surface area (Å²) in [4.78, 5) is 0.371. The van der Waals surface area contributed by atoms with Crippen molar-refractivity contribution in [2.24, 2.45) is 0 Å². The lowest BCUT2D eigenvalue weighted by atomic mass is 10.0. The summed E-state index contributed by atoms with van der Waals surface area (Å²) in [5, 5.41) is 0. The average molecular weight is 282 g/mol. The number of hydrogen-bond donors (Lipinski definition) is 0. The van der Waals surface area contributed by atoms with E-state index in [1.54, 1.807) is 24.3 Å². The molecular weight excluding hydrogens is 260 g/mol. The van der Waals surface area contributed by atoms with Gasteiger partial charge < -0.3 is 4.74 Å². The molecular formula is C15H22O3S. The Labute approximate surface area is 115 Å². The molecule has 1 aromatic carbocycles. The molecule has 0 N–H and O–H groups in total. The SMILES string of the molecule is CCCC[C@@H]1CCC[C@@H](S(=O)(=O)c2ccccc2)O1. The van der Waals surface area contributed by atoms with Crippen LogP contribution in [0, 0.1) is 0 Å². The van der Waals surface area contributed by atoms with Crippen LogP contribution >= 0.6 is 0 Å². The van der Waals surface area contributed by atoms with Crippen molar-refractivity contribution in [1.29, 1.82) is 0 Å². The zero-order valence-electron chi connectivity index (χ0n) is 11.4. The lowest BCUT2D eigenvalue weighted by Crippen LogP contribution is -2.33. The van der Waals surface area contributed by atoms with Crippen molar-refractivity contribution < 1.29 is 13.2 Å². The highest BCUT2D eigenvalue weighted by molar-refractivity contribution is 7.91. The van der Waals surface area contributed by atoms with Gasteiger partial charge in [-0.2, -0.15) is 0 Å². The minimum Gasteiger partial charge on any atom is -0.359 e. The highest BCUT2D eigenvalue weighted by atomic mass is 32.2. The second-order valence-corrected chi connectivity index (χ2v) is 7.21. The van der Waals surface area contributed by atoms with E-state index in [4.69, 9.17) is 4.74 Å². The molecule has 3 nitrogen and oxygen atoms in total. The number of rotatable bonds is 5. The summed E-state index contributed by atoms with van der Waals surface area (Å²) < 4.78 is 30.8. The summed E-state index contributed by atoms with van der Waals surface area (Å²) in [6.07, 6.45) is 5.83. The summed E-state index contributed by atoms with van der Waals surface area (Å²) in [6.45, 7) is 2.14. The molecule has 2 rings (SSSR count). The molecule has 1 saturated heterocycles. The summed E-state index contributed by atoms with van der Waals surface area (Å²) in [7, 11) is -3.34. The molecule has 2 atom stereocenters. The second-order valence-electron chi connectivity index (χ2n) is 5.12. The first-order valence-electron chi connectivity index (χ1n) is 7.09. The molecule has 4 heteroatoms. The van der Waals surface area contributed by atoms with Crippen LogP contribution in [-0.4, -0.2) is 20.0 Å². The maximum absolute atomic E-state index is 12.5. The van der Waals surface area contributed by atoms with Gasteiger partial charge in [0.15, 0.2) is 5.44 Å². The first-order chi connectivity index (χ1) is 9.14. The molecule has 19 heavy (non-hydrogen) atoms. The van der Waals surface area contributed by atoms with Gasteiger partial charge in [0.25, 0.3) is 0 Å². The number of unbranched alkanes of at least 4 members (excludes halogenated alkanes) is 1. The van der Waals surface area contributed by atoms with Gasteiger partial charge >= 0.3 is 0 Å². The fourth-order valence-electron chi connectivity index (χ4n) is 2.50. The van der Waals surface area contributed by atoms with Crippen molar-refractivity contribution in [2.75, 3.05) is 0 Å². The van der Waals surface area contributed by atoms with E-state index in [-0.39, 0.29) is 6.10 Å². The monoisotopic (exact) mass is 282 g/mol. The van der Waals surface area contributed by atoms with Crippen molar-refractivity contribution in [3.05, 3.63) is 30.3 Å². The molecule has 0 bridgehead atoms. The maximum Gasteiger partial charge on any atom is 0.205 e. The minimum absolute atomic E-state index is 0.109. The molecule has 0 spiro atoms. The molecule has 0 saturated carbocycles. The van der Waals surface area contributed by atoms with Gasteiger partial charge in [-0.05, 0) is 37.8 Å². The molecule has 1 aliphatic heterocycles. The average Bonchev–Trinajstić information content (AvgIpc) is 2.46. The molecule has 1 fully saturated rings. The first kappa shape index (κ1) is 14.5. The van der Waals surface area contributed by atoms with Crippen LogP contribution in [0.5, 0.6) is 0 Å². The van der Waals surface area contributed by atoms with Gasteiger partial charge in [0.1, 0.15) is 0 Å². The maximum atomic E-state index is 12.5. The van der Waals surface area contributed by atoms with Crippen LogP contribution in [0.1, 0.15) is 45.4 Å². The van der Waals surface area contributed by atoms with Crippen LogP contribution in [-0.2, 0) is 14.6 Å². The van der Waals surface area contributed by atoms with E-state index >= 15 is 0 Å². The van der Waals surface area contributed by atoms with Gasteiger partial charge in [0.05, 0.1) is 11.0 Å². The summed E-state index contributed by atoms with van der Waals surface area (Å²) in [5.74, 6) is 0. The van der Waals surface area contributed by atoms with Crippen molar-refractivity contribution >= 4 is 9.84 Å². The van der Waals surface area contributed by atoms with Crippen molar-refractivity contribution in [2.45, 2.75) is 61.9 Å². The standard InChI is InChI=1S/C15H22O3S/c1-2-3-8-13-9-7-12-15(18-13)19(16,17)14-10-5-4-6-11-14/h4-6,10-11,13,15H,2-3,7-9,12H2,1H3/t13-,15-/m1/s1. The Kier molecular flexibility index (Phi) is 4.99. The van der Waals surface area contributed by atoms with Gasteiger partial charge in [-0.1, -0.05) is 38.0 Å². The van der Waals surface area contributed by atoms with Crippen LogP contribution in [0.2, 0.25) is 0 Å². The molecule has 1 heterocycles. The number of hydrogen-bond acceptors (Lipinski definition) is 3. The molecule has 0 radical (unpaired) electrons.